The fraction of sp³-hybridized carbons (Fsp3) is 0.0333. The lowest BCUT2D eigenvalue weighted by atomic mass is 10.0. The molecule has 1 amide bonds. The first-order valence-electron chi connectivity index (χ1n) is 11.6. The highest BCUT2D eigenvalue weighted by Gasteiger charge is 2.20. The Morgan fingerprint density at radius 1 is 0.892 bits per heavy atom. The molecule has 5 rings (SSSR count). The minimum atomic E-state index is -0.468. The number of aromatic amines is 1. The number of carbonyl (C=O) groups is 2. The largest absolute Gasteiger partial charge is 0.422 e. The van der Waals surface area contributed by atoms with Crippen molar-refractivity contribution in [3.05, 3.63) is 123 Å². The van der Waals surface area contributed by atoms with E-state index in [1.54, 1.807) is 36.4 Å². The predicted molar refractivity (Wildman–Crippen MR) is 154 cm³/mol. The van der Waals surface area contributed by atoms with Crippen molar-refractivity contribution in [1.29, 1.82) is 0 Å². The van der Waals surface area contributed by atoms with Crippen molar-refractivity contribution in [3.63, 3.8) is 0 Å². The van der Waals surface area contributed by atoms with Crippen LogP contribution in [0.25, 0.3) is 22.0 Å². The van der Waals surface area contributed by atoms with Crippen LogP contribution >= 0.6 is 22.6 Å². The Labute approximate surface area is 227 Å². The van der Waals surface area contributed by atoms with Crippen molar-refractivity contribution >= 4 is 51.6 Å². The van der Waals surface area contributed by atoms with Crippen LogP contribution in [0.1, 0.15) is 32.0 Å². The first-order valence-corrected chi connectivity index (χ1v) is 12.7. The fourth-order valence-corrected chi connectivity index (χ4v) is 4.63. The molecule has 0 aliphatic carbocycles. The molecule has 7 heteroatoms. The number of rotatable bonds is 6. The van der Waals surface area contributed by atoms with Crippen molar-refractivity contribution in [3.8, 4) is 16.9 Å². The number of halogens is 1. The van der Waals surface area contributed by atoms with E-state index in [-0.39, 0.29) is 5.91 Å². The van der Waals surface area contributed by atoms with Gasteiger partial charge in [-0.25, -0.2) is 10.2 Å². The number of hydrogen-bond acceptors (Lipinski definition) is 4. The third-order valence-corrected chi connectivity index (χ3v) is 6.75. The molecular weight excluding hydrogens is 577 g/mol. The Kier molecular flexibility index (Phi) is 7.14. The number of hydrazone groups is 1. The van der Waals surface area contributed by atoms with Gasteiger partial charge in [0, 0.05) is 20.1 Å². The van der Waals surface area contributed by atoms with Crippen molar-refractivity contribution in [1.82, 2.24) is 10.4 Å². The fourth-order valence-electron chi connectivity index (χ4n) is 4.00. The average molecular weight is 599 g/mol. The van der Waals surface area contributed by atoms with Crippen molar-refractivity contribution in [2.75, 3.05) is 0 Å². The predicted octanol–water partition coefficient (Wildman–Crippen LogP) is 6.73. The molecular formula is C30H22IN3O3. The van der Waals surface area contributed by atoms with E-state index in [2.05, 4.69) is 38.1 Å². The van der Waals surface area contributed by atoms with E-state index in [4.69, 9.17) is 4.74 Å². The van der Waals surface area contributed by atoms with E-state index >= 15 is 0 Å². The molecule has 5 aromatic rings. The van der Waals surface area contributed by atoms with Gasteiger partial charge in [0.25, 0.3) is 5.91 Å². The lowest BCUT2D eigenvalue weighted by Crippen LogP contribution is -2.19. The van der Waals surface area contributed by atoms with Gasteiger partial charge in [0.15, 0.2) is 0 Å². The van der Waals surface area contributed by atoms with Gasteiger partial charge in [-0.1, -0.05) is 72.3 Å². The maximum atomic E-state index is 13.2. The second kappa shape index (κ2) is 10.8. The van der Waals surface area contributed by atoms with Crippen LogP contribution in [0.15, 0.2) is 102 Å². The van der Waals surface area contributed by atoms with Gasteiger partial charge in [-0.05, 0) is 65.4 Å². The van der Waals surface area contributed by atoms with E-state index in [0.29, 0.717) is 22.6 Å². The number of hydrogen-bond donors (Lipinski definition) is 2. The number of H-pyrrole nitrogens is 1. The highest BCUT2D eigenvalue weighted by molar-refractivity contribution is 14.1. The number of nitrogens with zero attached hydrogens (tertiary/aromatic N) is 1. The maximum absolute atomic E-state index is 13.2. The Balaban J connectivity index is 1.39. The van der Waals surface area contributed by atoms with E-state index in [1.807, 2.05) is 67.6 Å². The molecule has 0 spiro atoms. The van der Waals surface area contributed by atoms with Gasteiger partial charge in [0.05, 0.1) is 17.3 Å². The van der Waals surface area contributed by atoms with Crippen LogP contribution in [-0.2, 0) is 0 Å². The number of aromatic nitrogens is 1. The van der Waals surface area contributed by atoms with Gasteiger partial charge in [-0.15, -0.1) is 0 Å². The molecule has 1 heterocycles. The van der Waals surface area contributed by atoms with Gasteiger partial charge in [0.2, 0.25) is 0 Å². The Morgan fingerprint density at radius 2 is 1.62 bits per heavy atom. The van der Waals surface area contributed by atoms with Crippen molar-refractivity contribution in [2.24, 2.45) is 5.10 Å². The highest BCUT2D eigenvalue weighted by atomic mass is 127. The number of nitrogens with one attached hydrogen (secondary N) is 2. The van der Waals surface area contributed by atoms with Crippen LogP contribution in [-0.4, -0.2) is 23.1 Å². The normalized spacial score (nSPS) is 11.1. The molecule has 0 unspecified atom stereocenters. The number of carbonyl (C=O) groups excluding carboxylic acids is 2. The standard InChI is InChI=1S/C30H22IN3O3/c1-19-14-16-21(17-15-19)30(36)37-25-13-6-5-10-22(25)18-32-34-29(35)28-26(20-8-3-2-4-9-20)23-11-7-12-24(31)27(23)33-28/h2-18,33H,1H3,(H,34,35). The van der Waals surface area contributed by atoms with Gasteiger partial charge in [0.1, 0.15) is 11.4 Å². The number of amides is 1. The Bertz CT molecular complexity index is 1620. The molecule has 0 fully saturated rings. The van der Waals surface area contributed by atoms with Crippen LogP contribution in [0.3, 0.4) is 0 Å². The second-order valence-electron chi connectivity index (χ2n) is 8.40. The zero-order chi connectivity index (χ0) is 25.8. The lowest BCUT2D eigenvalue weighted by Gasteiger charge is -2.08. The van der Waals surface area contributed by atoms with Crippen molar-refractivity contribution < 1.29 is 14.3 Å². The third kappa shape index (κ3) is 5.31. The summed E-state index contributed by atoms with van der Waals surface area (Å²) in [7, 11) is 0. The van der Waals surface area contributed by atoms with E-state index in [9.17, 15) is 9.59 Å². The summed E-state index contributed by atoms with van der Waals surface area (Å²) >= 11 is 2.25. The zero-order valence-corrected chi connectivity index (χ0v) is 22.0. The van der Waals surface area contributed by atoms with Gasteiger partial charge in [-0.3, -0.25) is 4.79 Å². The van der Waals surface area contributed by atoms with E-state index < -0.39 is 5.97 Å². The summed E-state index contributed by atoms with van der Waals surface area (Å²) in [6.45, 7) is 1.95. The van der Waals surface area contributed by atoms with E-state index in [0.717, 1.165) is 31.2 Å². The molecule has 6 nitrogen and oxygen atoms in total. The molecule has 4 aromatic carbocycles. The first kappa shape index (κ1) is 24.5. The van der Waals surface area contributed by atoms with E-state index in [1.165, 1.54) is 6.21 Å². The molecule has 2 N–H and O–H groups in total. The molecule has 0 atom stereocenters. The summed E-state index contributed by atoms with van der Waals surface area (Å²) in [6.07, 6.45) is 1.46. The minimum Gasteiger partial charge on any atom is -0.422 e. The zero-order valence-electron chi connectivity index (χ0n) is 19.9. The summed E-state index contributed by atoms with van der Waals surface area (Å²) in [4.78, 5) is 29.1. The summed E-state index contributed by atoms with van der Waals surface area (Å²) < 4.78 is 6.61. The number of benzene rings is 4. The maximum Gasteiger partial charge on any atom is 0.343 e. The number of fused-ring (bicyclic) bond motifs is 1. The van der Waals surface area contributed by atoms with Crippen LogP contribution < -0.4 is 10.2 Å². The van der Waals surface area contributed by atoms with Crippen LogP contribution in [0.5, 0.6) is 5.75 Å². The SMILES string of the molecule is Cc1ccc(C(=O)Oc2ccccc2C=NNC(=O)c2[nH]c3c(I)cccc3c2-c2ccccc2)cc1. The van der Waals surface area contributed by atoms with Crippen LogP contribution in [0.2, 0.25) is 0 Å². The molecule has 0 aliphatic heterocycles. The Morgan fingerprint density at radius 3 is 2.41 bits per heavy atom. The average Bonchev–Trinajstić information content (AvgIpc) is 3.31. The second-order valence-corrected chi connectivity index (χ2v) is 9.56. The summed E-state index contributed by atoms with van der Waals surface area (Å²) in [5, 5.41) is 5.12. The smallest absolute Gasteiger partial charge is 0.343 e. The number of para-hydroxylation sites is 2. The van der Waals surface area contributed by atoms with Crippen LogP contribution in [0.4, 0.5) is 0 Å². The summed E-state index contributed by atoms with van der Waals surface area (Å²) in [5.41, 5.74) is 7.73. The molecule has 0 bridgehead atoms. The number of ether oxygens (including phenoxy) is 1. The van der Waals surface area contributed by atoms with Gasteiger partial charge in [-0.2, -0.15) is 5.10 Å². The van der Waals surface area contributed by atoms with Gasteiger partial charge >= 0.3 is 5.97 Å². The summed E-state index contributed by atoms with van der Waals surface area (Å²) in [5.74, 6) is -0.502. The number of aryl methyl sites for hydroxylation is 1. The molecule has 0 saturated heterocycles. The topological polar surface area (TPSA) is 83.5 Å². The molecule has 0 radical (unpaired) electrons. The van der Waals surface area contributed by atoms with Crippen LogP contribution in [0, 0.1) is 10.5 Å². The minimum absolute atomic E-state index is 0.344. The van der Waals surface area contributed by atoms with Gasteiger partial charge < -0.3 is 9.72 Å². The monoisotopic (exact) mass is 599 g/mol. The van der Waals surface area contributed by atoms with Crippen molar-refractivity contribution in [2.45, 2.75) is 6.92 Å². The molecule has 37 heavy (non-hydrogen) atoms. The third-order valence-electron chi connectivity index (χ3n) is 5.85. The first-order chi connectivity index (χ1) is 18.0. The molecule has 1 aromatic heterocycles. The summed E-state index contributed by atoms with van der Waals surface area (Å²) in [6, 6.07) is 29.9. The molecule has 0 saturated carbocycles. The quantitative estimate of drug-likeness (QED) is 0.0747. The highest BCUT2D eigenvalue weighted by Crippen LogP contribution is 2.34. The number of esters is 1. The lowest BCUT2D eigenvalue weighted by molar-refractivity contribution is 0.0734. The Hall–Kier alpha value is -4.24. The molecule has 182 valence electrons. The molecule has 0 aliphatic rings.